The van der Waals surface area contributed by atoms with E-state index in [0.717, 1.165) is 35.5 Å². The Hall–Kier alpha value is -3.04. The number of aromatic nitrogens is 1. The number of hydrogen-bond acceptors (Lipinski definition) is 5. The molecule has 1 fully saturated rings. The second-order valence-corrected chi connectivity index (χ2v) is 6.59. The molecule has 1 heterocycles. The van der Waals surface area contributed by atoms with E-state index in [2.05, 4.69) is 16.4 Å². The highest BCUT2D eigenvalue weighted by Crippen LogP contribution is 2.31. The molecule has 3 rings (SSSR count). The molecule has 0 bridgehead atoms. The van der Waals surface area contributed by atoms with Crippen LogP contribution in [-0.2, 0) is 0 Å². The number of nitrogen functional groups attached to an aromatic ring is 1. The predicted octanol–water partition coefficient (Wildman–Crippen LogP) is 2.93. The van der Waals surface area contributed by atoms with Crippen LogP contribution in [0.4, 0.5) is 17.2 Å². The molecule has 0 radical (unpaired) electrons. The van der Waals surface area contributed by atoms with Gasteiger partial charge in [-0.25, -0.2) is 4.98 Å². The molecule has 136 valence electrons. The van der Waals surface area contributed by atoms with E-state index >= 15 is 0 Å². The van der Waals surface area contributed by atoms with Gasteiger partial charge in [0.1, 0.15) is 5.82 Å². The van der Waals surface area contributed by atoms with Gasteiger partial charge in [-0.05, 0) is 49.1 Å². The minimum atomic E-state index is 0. The first-order valence-electron chi connectivity index (χ1n) is 8.48. The van der Waals surface area contributed by atoms with Gasteiger partial charge in [-0.3, -0.25) is 0 Å². The fourth-order valence-corrected chi connectivity index (χ4v) is 2.69. The van der Waals surface area contributed by atoms with Crippen molar-refractivity contribution in [3.63, 3.8) is 0 Å². The Morgan fingerprint density at radius 2 is 2.00 bits per heavy atom. The number of anilines is 3. The van der Waals surface area contributed by atoms with Crippen LogP contribution < -0.4 is 16.0 Å². The first kappa shape index (κ1) is 19.3. The Morgan fingerprint density at radius 1 is 1.31 bits per heavy atom. The lowest BCUT2D eigenvalue weighted by Gasteiger charge is -2.28. The molecule has 1 aromatic carbocycles. The summed E-state index contributed by atoms with van der Waals surface area (Å²) in [5.74, 6) is 0.776. The summed E-state index contributed by atoms with van der Waals surface area (Å²) in [6, 6.07) is 12.3. The lowest BCUT2D eigenvalue weighted by molar-refractivity contribution is 0.444. The van der Waals surface area contributed by atoms with Crippen molar-refractivity contribution in [2.75, 3.05) is 30.0 Å². The number of hydrogen-bond donors (Lipinski definition) is 2. The van der Waals surface area contributed by atoms with Crippen LogP contribution in [0.3, 0.4) is 0 Å². The Morgan fingerprint density at radius 3 is 2.54 bits per heavy atom. The molecular formula is C20H25N5O. The topological polar surface area (TPSA) is 109 Å². The van der Waals surface area contributed by atoms with Crippen molar-refractivity contribution in [3.8, 4) is 6.07 Å². The Bertz CT molecular complexity index is 817. The zero-order chi connectivity index (χ0) is 17.8. The van der Waals surface area contributed by atoms with Gasteiger partial charge in [-0.2, -0.15) is 5.26 Å². The summed E-state index contributed by atoms with van der Waals surface area (Å²) < 4.78 is 0. The molecule has 5 N–H and O–H groups in total. The van der Waals surface area contributed by atoms with Crippen LogP contribution in [0.25, 0.3) is 11.6 Å². The highest BCUT2D eigenvalue weighted by atomic mass is 16.0. The van der Waals surface area contributed by atoms with E-state index in [4.69, 9.17) is 5.73 Å². The number of pyridine rings is 1. The highest BCUT2D eigenvalue weighted by Gasteiger charge is 2.20. The number of rotatable bonds is 5. The van der Waals surface area contributed by atoms with Crippen molar-refractivity contribution in [2.24, 2.45) is 0 Å². The summed E-state index contributed by atoms with van der Waals surface area (Å²) in [5.41, 5.74) is 9.77. The number of benzene rings is 1. The first-order valence-corrected chi connectivity index (χ1v) is 8.48. The molecule has 0 amide bonds. The summed E-state index contributed by atoms with van der Waals surface area (Å²) >= 11 is 0. The normalized spacial score (nSPS) is 14.0. The standard InChI is InChI=1S/C20H23N5.H2O/c1-25(2)18-11-19(20(23-13-18)24-17-4-3-5-17)15(12-21)10-14-6-8-16(22)9-7-14;/h6-11,13,17H,3-5,22H2,1-2H3,(H,23,24);1H2/b15-10+;. The fraction of sp³-hybridized carbons (Fsp3) is 0.300. The lowest BCUT2D eigenvalue weighted by atomic mass is 9.92. The van der Waals surface area contributed by atoms with Crippen LogP contribution in [0.15, 0.2) is 36.5 Å². The summed E-state index contributed by atoms with van der Waals surface area (Å²) in [4.78, 5) is 6.57. The maximum Gasteiger partial charge on any atom is 0.134 e. The molecule has 0 unspecified atom stereocenters. The van der Waals surface area contributed by atoms with Gasteiger partial charge in [0.25, 0.3) is 0 Å². The van der Waals surface area contributed by atoms with Crippen molar-refractivity contribution < 1.29 is 5.48 Å². The van der Waals surface area contributed by atoms with Crippen LogP contribution in [0.1, 0.15) is 30.4 Å². The number of nitriles is 1. The molecular weight excluding hydrogens is 326 g/mol. The van der Waals surface area contributed by atoms with E-state index in [9.17, 15) is 5.26 Å². The molecule has 0 saturated heterocycles. The van der Waals surface area contributed by atoms with Crippen LogP contribution in [0, 0.1) is 11.3 Å². The molecule has 6 heteroatoms. The average Bonchev–Trinajstić information content (AvgIpc) is 2.57. The zero-order valence-electron chi connectivity index (χ0n) is 15.2. The van der Waals surface area contributed by atoms with Crippen molar-refractivity contribution in [3.05, 3.63) is 47.7 Å². The SMILES string of the molecule is CN(C)c1cnc(NC2CCC2)c(/C(C#N)=C/c2ccc(N)cc2)c1.O. The summed E-state index contributed by atoms with van der Waals surface area (Å²) in [6.45, 7) is 0. The summed E-state index contributed by atoms with van der Waals surface area (Å²) in [6.07, 6.45) is 7.26. The number of nitrogens with two attached hydrogens (primary N) is 1. The van der Waals surface area contributed by atoms with Gasteiger partial charge in [0.2, 0.25) is 0 Å². The number of allylic oxidation sites excluding steroid dienone is 1. The van der Waals surface area contributed by atoms with E-state index in [1.165, 1.54) is 6.42 Å². The van der Waals surface area contributed by atoms with Crippen molar-refractivity contribution in [1.82, 2.24) is 4.98 Å². The predicted molar refractivity (Wildman–Crippen MR) is 108 cm³/mol. The van der Waals surface area contributed by atoms with Crippen LogP contribution >= 0.6 is 0 Å². The largest absolute Gasteiger partial charge is 0.412 e. The van der Waals surface area contributed by atoms with Gasteiger partial charge in [0.15, 0.2) is 0 Å². The fourth-order valence-electron chi connectivity index (χ4n) is 2.69. The molecule has 0 spiro atoms. The maximum atomic E-state index is 9.74. The lowest BCUT2D eigenvalue weighted by Crippen LogP contribution is -2.28. The maximum absolute atomic E-state index is 9.74. The molecule has 0 aliphatic heterocycles. The monoisotopic (exact) mass is 351 g/mol. The minimum Gasteiger partial charge on any atom is -0.412 e. The van der Waals surface area contributed by atoms with E-state index in [-0.39, 0.29) is 5.48 Å². The zero-order valence-corrected chi connectivity index (χ0v) is 15.2. The van der Waals surface area contributed by atoms with Crippen molar-refractivity contribution >= 4 is 28.8 Å². The van der Waals surface area contributed by atoms with Gasteiger partial charge in [-0.15, -0.1) is 0 Å². The van der Waals surface area contributed by atoms with Crippen molar-refractivity contribution in [1.29, 1.82) is 5.26 Å². The molecule has 26 heavy (non-hydrogen) atoms. The van der Waals surface area contributed by atoms with E-state index < -0.39 is 0 Å². The quantitative estimate of drug-likeness (QED) is 0.636. The van der Waals surface area contributed by atoms with Crippen LogP contribution in [-0.4, -0.2) is 30.6 Å². The Balaban J connectivity index is 0.00000243. The second-order valence-electron chi connectivity index (χ2n) is 6.59. The Kier molecular flexibility index (Phi) is 6.21. The summed E-state index contributed by atoms with van der Waals surface area (Å²) in [5, 5.41) is 13.2. The van der Waals surface area contributed by atoms with Gasteiger partial charge in [0.05, 0.1) is 23.5 Å². The third-order valence-electron chi connectivity index (χ3n) is 4.49. The third-order valence-corrected chi connectivity index (χ3v) is 4.49. The van der Waals surface area contributed by atoms with E-state index in [1.54, 1.807) is 0 Å². The van der Waals surface area contributed by atoms with E-state index in [0.29, 0.717) is 17.3 Å². The number of nitrogens with zero attached hydrogens (tertiary/aromatic N) is 3. The van der Waals surface area contributed by atoms with E-state index in [1.807, 2.05) is 61.6 Å². The van der Waals surface area contributed by atoms with Gasteiger partial charge in [0, 0.05) is 31.4 Å². The second kappa shape index (κ2) is 8.37. The minimum absolute atomic E-state index is 0. The molecule has 2 aromatic rings. The van der Waals surface area contributed by atoms with Crippen LogP contribution in [0.5, 0.6) is 0 Å². The third kappa shape index (κ3) is 4.32. The van der Waals surface area contributed by atoms with Gasteiger partial charge in [-0.1, -0.05) is 12.1 Å². The molecule has 1 saturated carbocycles. The van der Waals surface area contributed by atoms with Gasteiger partial charge < -0.3 is 21.4 Å². The average molecular weight is 351 g/mol. The smallest absolute Gasteiger partial charge is 0.134 e. The molecule has 1 aliphatic rings. The van der Waals surface area contributed by atoms with Crippen LogP contribution in [0.2, 0.25) is 0 Å². The molecule has 1 aliphatic carbocycles. The Labute approximate surface area is 154 Å². The molecule has 0 atom stereocenters. The summed E-state index contributed by atoms with van der Waals surface area (Å²) in [7, 11) is 3.94. The van der Waals surface area contributed by atoms with Crippen molar-refractivity contribution in [2.45, 2.75) is 25.3 Å². The first-order chi connectivity index (χ1) is 12.1. The number of nitrogens with one attached hydrogen (secondary N) is 1. The molecule has 6 nitrogen and oxygen atoms in total. The highest BCUT2D eigenvalue weighted by molar-refractivity contribution is 5.94. The molecule has 1 aromatic heterocycles. The van der Waals surface area contributed by atoms with Gasteiger partial charge >= 0.3 is 0 Å².